The summed E-state index contributed by atoms with van der Waals surface area (Å²) < 4.78 is 0. The normalized spacial score (nSPS) is 27.2. The molecular formula is C28H33N3O8. The fourth-order valence-electron chi connectivity index (χ4n) is 6.61. The number of carbonyl (C=O) groups excluding carboxylic acids is 4. The number of phenols is 1. The third-order valence-corrected chi connectivity index (χ3v) is 8.82. The van der Waals surface area contributed by atoms with Crippen LogP contribution in [0.3, 0.4) is 0 Å². The van der Waals surface area contributed by atoms with Gasteiger partial charge in [0.1, 0.15) is 22.8 Å². The number of Topliss-reactive ketones (excluding diaryl/α,β-unsaturated/α-hetero) is 2. The lowest BCUT2D eigenvalue weighted by Crippen LogP contribution is -2.57. The van der Waals surface area contributed by atoms with E-state index in [2.05, 4.69) is 6.92 Å². The first kappa shape index (κ1) is 26.7. The number of benzene rings is 1. The van der Waals surface area contributed by atoms with Gasteiger partial charge in [-0.3, -0.25) is 19.2 Å². The lowest BCUT2D eigenvalue weighted by molar-refractivity contribution is -0.144. The summed E-state index contributed by atoms with van der Waals surface area (Å²) in [7, 11) is 3.51. The number of fused-ring (bicyclic) bond motifs is 3. The summed E-state index contributed by atoms with van der Waals surface area (Å²) in [6.07, 6.45) is 1.58. The van der Waals surface area contributed by atoms with Crippen molar-refractivity contribution in [1.29, 1.82) is 0 Å². The van der Waals surface area contributed by atoms with Gasteiger partial charge in [-0.25, -0.2) is 0 Å². The van der Waals surface area contributed by atoms with Crippen LogP contribution in [-0.2, 0) is 16.0 Å². The summed E-state index contributed by atoms with van der Waals surface area (Å²) in [6, 6.07) is 1.58. The van der Waals surface area contributed by atoms with Crippen molar-refractivity contribution in [3.8, 4) is 5.75 Å². The van der Waals surface area contributed by atoms with E-state index in [9.17, 15) is 39.6 Å². The SMILES string of the molecule is CC1CCN(C(=O)c2cc(N(C)C)c3c(c2O)C(=O)C2=C(O)[C@]4(O)C(=O)C(C(N)=O)=C(O)C[C@@H]4CC2C3)CC1. The van der Waals surface area contributed by atoms with Gasteiger partial charge < -0.3 is 36.0 Å². The van der Waals surface area contributed by atoms with E-state index in [-0.39, 0.29) is 36.0 Å². The number of anilines is 1. The smallest absolute Gasteiger partial charge is 0.257 e. The molecule has 208 valence electrons. The Hall–Kier alpha value is -3.86. The van der Waals surface area contributed by atoms with Gasteiger partial charge in [0.25, 0.3) is 11.8 Å². The first-order chi connectivity index (χ1) is 18.3. The zero-order valence-corrected chi connectivity index (χ0v) is 22.2. The Labute approximate surface area is 225 Å². The van der Waals surface area contributed by atoms with Gasteiger partial charge in [0.2, 0.25) is 5.78 Å². The van der Waals surface area contributed by atoms with Crippen molar-refractivity contribution in [1.82, 2.24) is 4.90 Å². The number of phenolic OH excluding ortho intramolecular Hbond substituents is 1. The molecule has 0 spiro atoms. The fourth-order valence-corrected chi connectivity index (χ4v) is 6.61. The van der Waals surface area contributed by atoms with E-state index < -0.39 is 63.7 Å². The number of likely N-dealkylation sites (tertiary alicyclic amines) is 1. The largest absolute Gasteiger partial charge is 0.511 e. The molecule has 0 saturated carbocycles. The lowest BCUT2D eigenvalue weighted by atomic mass is 9.60. The predicted octanol–water partition coefficient (Wildman–Crippen LogP) is 1.52. The van der Waals surface area contributed by atoms with E-state index in [1.807, 2.05) is 0 Å². The molecule has 1 aromatic carbocycles. The van der Waals surface area contributed by atoms with Crippen LogP contribution in [0.4, 0.5) is 5.69 Å². The molecular weight excluding hydrogens is 506 g/mol. The minimum absolute atomic E-state index is 0.0381. The second kappa shape index (κ2) is 9.11. The maximum Gasteiger partial charge on any atom is 0.257 e. The molecule has 11 nitrogen and oxygen atoms in total. The highest BCUT2D eigenvalue weighted by molar-refractivity contribution is 6.24. The van der Waals surface area contributed by atoms with Crippen LogP contribution < -0.4 is 10.6 Å². The molecule has 0 radical (unpaired) electrons. The number of hydrogen-bond acceptors (Lipinski definition) is 9. The van der Waals surface area contributed by atoms with Crippen molar-refractivity contribution in [3.05, 3.63) is 45.4 Å². The number of hydrogen-bond donors (Lipinski definition) is 5. The summed E-state index contributed by atoms with van der Waals surface area (Å²) in [4.78, 5) is 55.8. The van der Waals surface area contributed by atoms with Gasteiger partial charge in [-0.1, -0.05) is 6.92 Å². The van der Waals surface area contributed by atoms with E-state index >= 15 is 0 Å². The Morgan fingerprint density at radius 3 is 2.33 bits per heavy atom. The number of carbonyl (C=O) groups is 4. The number of aliphatic hydroxyl groups excluding tert-OH is 2. The number of aromatic hydroxyl groups is 1. The Bertz CT molecular complexity index is 1390. The summed E-state index contributed by atoms with van der Waals surface area (Å²) in [5.74, 6) is -6.90. The summed E-state index contributed by atoms with van der Waals surface area (Å²) >= 11 is 0. The van der Waals surface area contributed by atoms with Crippen LogP contribution >= 0.6 is 0 Å². The molecule has 0 aromatic heterocycles. The molecule has 1 saturated heterocycles. The number of piperidine rings is 1. The molecule has 1 aromatic rings. The summed E-state index contributed by atoms with van der Waals surface area (Å²) in [5.41, 5.74) is 2.39. The monoisotopic (exact) mass is 539 g/mol. The zero-order chi connectivity index (χ0) is 28.5. The average molecular weight is 540 g/mol. The molecule has 0 bridgehead atoms. The third kappa shape index (κ3) is 3.82. The molecule has 11 heteroatoms. The minimum atomic E-state index is -2.63. The number of primary amides is 1. The van der Waals surface area contributed by atoms with E-state index in [1.165, 1.54) is 0 Å². The Morgan fingerprint density at radius 1 is 1.10 bits per heavy atom. The molecule has 2 amide bonds. The maximum atomic E-state index is 14.0. The van der Waals surface area contributed by atoms with Gasteiger partial charge in [-0.05, 0) is 49.1 Å². The number of amides is 2. The Balaban J connectivity index is 1.65. The molecule has 4 aliphatic rings. The zero-order valence-electron chi connectivity index (χ0n) is 22.2. The van der Waals surface area contributed by atoms with Crippen molar-refractivity contribution >= 4 is 29.1 Å². The lowest BCUT2D eigenvalue weighted by Gasteiger charge is -2.46. The van der Waals surface area contributed by atoms with Gasteiger partial charge in [-0.2, -0.15) is 0 Å². The van der Waals surface area contributed by atoms with Crippen LogP contribution in [0, 0.1) is 17.8 Å². The molecule has 5 rings (SSSR count). The molecule has 3 atom stereocenters. The predicted molar refractivity (Wildman–Crippen MR) is 139 cm³/mol. The number of nitrogens with two attached hydrogens (primary N) is 1. The van der Waals surface area contributed by atoms with Gasteiger partial charge >= 0.3 is 0 Å². The molecule has 6 N–H and O–H groups in total. The second-order valence-corrected chi connectivity index (χ2v) is 11.4. The van der Waals surface area contributed by atoms with E-state index in [4.69, 9.17) is 5.73 Å². The molecule has 1 unspecified atom stereocenters. The van der Waals surface area contributed by atoms with Crippen molar-refractivity contribution < 1.29 is 39.6 Å². The number of nitrogens with zero attached hydrogens (tertiary/aromatic N) is 2. The van der Waals surface area contributed by atoms with Gasteiger partial charge in [0.15, 0.2) is 11.4 Å². The van der Waals surface area contributed by atoms with Crippen molar-refractivity contribution in [2.45, 2.75) is 44.6 Å². The molecule has 1 aliphatic heterocycles. The van der Waals surface area contributed by atoms with Crippen molar-refractivity contribution in [2.24, 2.45) is 23.5 Å². The highest BCUT2D eigenvalue weighted by atomic mass is 16.3. The summed E-state index contributed by atoms with van der Waals surface area (Å²) in [5, 5.41) is 44.3. The Morgan fingerprint density at radius 2 is 1.74 bits per heavy atom. The fraction of sp³-hybridized carbons (Fsp3) is 0.500. The number of ketones is 2. The number of aliphatic hydroxyl groups is 3. The van der Waals surface area contributed by atoms with Gasteiger partial charge in [-0.15, -0.1) is 0 Å². The van der Waals surface area contributed by atoms with Crippen molar-refractivity contribution in [2.75, 3.05) is 32.1 Å². The summed E-state index contributed by atoms with van der Waals surface area (Å²) in [6.45, 7) is 3.16. The molecule has 39 heavy (non-hydrogen) atoms. The average Bonchev–Trinajstić information content (AvgIpc) is 2.86. The Kier molecular flexibility index (Phi) is 6.25. The van der Waals surface area contributed by atoms with Crippen molar-refractivity contribution in [3.63, 3.8) is 0 Å². The molecule has 1 heterocycles. The first-order valence-electron chi connectivity index (χ1n) is 13.1. The maximum absolute atomic E-state index is 14.0. The van der Waals surface area contributed by atoms with Gasteiger partial charge in [0.05, 0.1) is 11.1 Å². The van der Waals surface area contributed by atoms with Crippen LogP contribution in [0.15, 0.2) is 28.7 Å². The second-order valence-electron chi connectivity index (χ2n) is 11.4. The van der Waals surface area contributed by atoms with E-state index in [1.54, 1.807) is 30.0 Å². The van der Waals surface area contributed by atoms with Gasteiger partial charge in [0, 0.05) is 50.8 Å². The van der Waals surface area contributed by atoms with Crippen LogP contribution in [-0.4, -0.2) is 81.5 Å². The number of rotatable bonds is 3. The molecule has 3 aliphatic carbocycles. The standard InChI is InChI=1S/C28H33N3O8/c1-12-4-6-31(7-5-12)27(38)16-11-17(30(2)3)15-9-13-8-14-10-18(32)21(26(29)37)25(36)28(14,39)24(35)19(13)23(34)20(15)22(16)33/h11-14,32-33,35,39H,4-10H2,1-3H3,(H2,29,37)/t13?,14-,28-/m0/s1. The van der Waals surface area contributed by atoms with Crippen LogP contribution in [0.2, 0.25) is 0 Å². The quantitative estimate of drug-likeness (QED) is 0.356. The first-order valence-corrected chi connectivity index (χ1v) is 13.1. The van der Waals surface area contributed by atoms with Crippen LogP contribution in [0.5, 0.6) is 5.75 Å². The van der Waals surface area contributed by atoms with E-state index in [0.717, 1.165) is 12.8 Å². The third-order valence-electron chi connectivity index (χ3n) is 8.82. The highest BCUT2D eigenvalue weighted by Gasteiger charge is 2.59. The van der Waals surface area contributed by atoms with E-state index in [0.29, 0.717) is 30.3 Å². The highest BCUT2D eigenvalue weighted by Crippen LogP contribution is 2.52. The topological polar surface area (TPSA) is 182 Å². The van der Waals surface area contributed by atoms with Crippen LogP contribution in [0.1, 0.15) is 58.9 Å². The minimum Gasteiger partial charge on any atom is -0.511 e. The molecule has 1 fully saturated rings. The number of allylic oxidation sites excluding steroid dienone is 2. The van der Waals surface area contributed by atoms with Crippen LogP contribution in [0.25, 0.3) is 0 Å².